The molecule has 4 amide bonds. The Kier molecular flexibility index (Phi) is 12.0. The van der Waals surface area contributed by atoms with E-state index in [4.69, 9.17) is 28.6 Å². The van der Waals surface area contributed by atoms with Gasteiger partial charge in [-0.3, -0.25) is 9.59 Å². The van der Waals surface area contributed by atoms with Crippen LogP contribution in [0.3, 0.4) is 0 Å². The fourth-order valence-corrected chi connectivity index (χ4v) is 9.76. The van der Waals surface area contributed by atoms with Gasteiger partial charge in [-0.1, -0.05) is 62.4 Å². The van der Waals surface area contributed by atoms with Gasteiger partial charge in [0, 0.05) is 42.0 Å². The summed E-state index contributed by atoms with van der Waals surface area (Å²) in [6, 6.07) is 19.8. The maximum atomic E-state index is 14.3. The first-order valence-electron chi connectivity index (χ1n) is 22.1. The Bertz CT molecular complexity index is 3050. The van der Waals surface area contributed by atoms with Crippen molar-refractivity contribution < 1.29 is 37.8 Å². The predicted molar refractivity (Wildman–Crippen MR) is 246 cm³/mol. The first-order valence-corrected chi connectivity index (χ1v) is 22.1. The Morgan fingerprint density at radius 1 is 0.833 bits per heavy atom. The number of methoxy groups -OCH3 is 3. The zero-order valence-electron chi connectivity index (χ0n) is 37.5. The molecule has 4 aromatic carbocycles. The van der Waals surface area contributed by atoms with Gasteiger partial charge in [-0.2, -0.15) is 0 Å². The van der Waals surface area contributed by atoms with E-state index >= 15 is 0 Å². The second kappa shape index (κ2) is 18.0. The highest BCUT2D eigenvalue weighted by atomic mass is 16.5. The second-order valence-corrected chi connectivity index (χ2v) is 17.6. The number of aromatic nitrogens is 4. The fourth-order valence-electron chi connectivity index (χ4n) is 9.76. The largest absolute Gasteiger partial charge is 0.453 e. The van der Waals surface area contributed by atoms with Crippen LogP contribution >= 0.6 is 0 Å². The number of likely N-dealkylation sites (tertiary alicyclic amines) is 2. The predicted octanol–water partition coefficient (Wildman–Crippen LogP) is 7.43. The number of carbonyl (C=O) groups is 4. The quantitative estimate of drug-likeness (QED) is 0.0569. The average molecular weight is 897 g/mol. The minimum atomic E-state index is -0.989. The monoisotopic (exact) mass is 896 g/mol. The van der Waals surface area contributed by atoms with Crippen LogP contribution < -0.4 is 16.3 Å². The van der Waals surface area contributed by atoms with Crippen molar-refractivity contribution >= 4 is 67.5 Å². The van der Waals surface area contributed by atoms with Gasteiger partial charge < -0.3 is 49.0 Å². The number of nitrogens with zero attached hydrogens (tertiary/aromatic N) is 4. The summed E-state index contributed by atoms with van der Waals surface area (Å²) in [5.41, 5.74) is 3.31. The average Bonchev–Trinajstić information content (AvgIpc) is 4.15. The SMILES string of the molecule is COCC1CC(c2ncc(-c3ccc4c(c3)c(=O)oc3cc5c(ccc6[nH]c(C7CCC(C)N7C(=O)C(NC(=O)OC)C(C)C)nc65)cc34)[nH]2)N(C(=O)C(NC(=O)OC)c2ccccc2)C1. The van der Waals surface area contributed by atoms with E-state index in [1.807, 2.05) is 68.1 Å². The second-order valence-electron chi connectivity index (χ2n) is 17.6. The van der Waals surface area contributed by atoms with Gasteiger partial charge in [0.15, 0.2) is 0 Å². The molecule has 66 heavy (non-hydrogen) atoms. The number of H-pyrrole nitrogens is 2. The lowest BCUT2D eigenvalue weighted by Crippen LogP contribution is -2.52. The summed E-state index contributed by atoms with van der Waals surface area (Å²) in [6.07, 6.45) is 2.34. The number of nitrogens with one attached hydrogen (secondary N) is 4. The molecule has 2 fully saturated rings. The molecule has 4 N–H and O–H groups in total. The smallest absolute Gasteiger partial charge is 0.407 e. The number of hydrogen-bond acceptors (Lipinski definition) is 11. The zero-order chi connectivity index (χ0) is 46.4. The topological polar surface area (TPSA) is 214 Å². The number of imidazole rings is 2. The molecule has 5 heterocycles. The maximum Gasteiger partial charge on any atom is 0.407 e. The van der Waals surface area contributed by atoms with Crippen molar-refractivity contribution in [1.82, 2.24) is 40.4 Å². The molecular weight excluding hydrogens is 845 g/mol. The van der Waals surface area contributed by atoms with Gasteiger partial charge in [0.05, 0.1) is 61.2 Å². The summed E-state index contributed by atoms with van der Waals surface area (Å²) in [6.45, 7) is 6.59. The van der Waals surface area contributed by atoms with Crippen LogP contribution in [0.4, 0.5) is 9.59 Å². The van der Waals surface area contributed by atoms with E-state index < -0.39 is 35.9 Å². The number of hydrogen-bond donors (Lipinski definition) is 4. The molecule has 0 aliphatic carbocycles. The standard InChI is InChI=1S/C49H52N8O9/c1-25(2)40(54-48(61)64-5)46(59)57-26(3)12-17-37(57)44-51-35-16-14-29-19-33-31-15-13-30(20-34(31)47(60)66-39(33)21-32(29)42(35)53-44)36-22-50-43(52-36)38-18-27(24-63-4)23-56(38)45(58)41(55-49(62)65-6)28-10-8-7-9-11-28/h7-11,13-16,19-22,25-27,37-38,40-41H,12,17-18,23-24H2,1-6H3,(H,50,52)(H,51,53)(H,54,61)(H,55,62). The Morgan fingerprint density at radius 3 is 2.35 bits per heavy atom. The van der Waals surface area contributed by atoms with Crippen LogP contribution in [-0.4, -0.2) is 100 Å². The number of alkyl carbamates (subject to hydrolysis) is 2. The Balaban J connectivity index is 1.02. The minimum Gasteiger partial charge on any atom is -0.453 e. The molecule has 9 rings (SSSR count). The van der Waals surface area contributed by atoms with Gasteiger partial charge in [0.2, 0.25) is 5.91 Å². The summed E-state index contributed by atoms with van der Waals surface area (Å²) in [7, 11) is 4.15. The molecule has 3 aromatic heterocycles. The fraction of sp³-hybridized carbons (Fsp3) is 0.367. The van der Waals surface area contributed by atoms with Crippen molar-refractivity contribution in [2.24, 2.45) is 11.8 Å². The molecular formula is C49H52N8O9. The third kappa shape index (κ3) is 8.07. The van der Waals surface area contributed by atoms with E-state index in [2.05, 4.69) is 20.6 Å². The van der Waals surface area contributed by atoms with Crippen LogP contribution in [0.2, 0.25) is 0 Å². The van der Waals surface area contributed by atoms with Crippen LogP contribution in [0, 0.1) is 11.8 Å². The summed E-state index contributed by atoms with van der Waals surface area (Å²) >= 11 is 0. The van der Waals surface area contributed by atoms with Crippen molar-refractivity contribution in [2.45, 2.75) is 70.2 Å². The van der Waals surface area contributed by atoms with Gasteiger partial charge >= 0.3 is 17.8 Å². The maximum absolute atomic E-state index is 14.3. The molecule has 0 saturated carbocycles. The minimum absolute atomic E-state index is 0.0193. The molecule has 0 bridgehead atoms. The van der Waals surface area contributed by atoms with Crippen molar-refractivity contribution in [3.63, 3.8) is 0 Å². The number of amides is 4. The highest BCUT2D eigenvalue weighted by molar-refractivity contribution is 6.14. The van der Waals surface area contributed by atoms with Crippen LogP contribution in [0.1, 0.15) is 75.4 Å². The molecule has 0 radical (unpaired) electrons. The molecule has 7 aromatic rings. The van der Waals surface area contributed by atoms with Gasteiger partial charge in [-0.05, 0) is 72.7 Å². The number of fused-ring (bicyclic) bond motifs is 6. The Morgan fingerprint density at radius 2 is 1.61 bits per heavy atom. The number of rotatable bonds is 11. The van der Waals surface area contributed by atoms with E-state index in [0.717, 1.165) is 28.1 Å². The Hall–Kier alpha value is -7.27. The third-order valence-corrected chi connectivity index (χ3v) is 13.1. The van der Waals surface area contributed by atoms with Crippen molar-refractivity contribution in [1.29, 1.82) is 0 Å². The van der Waals surface area contributed by atoms with E-state index in [1.165, 1.54) is 14.2 Å². The van der Waals surface area contributed by atoms with E-state index in [-0.39, 0.29) is 35.7 Å². The Labute approximate surface area is 379 Å². The van der Waals surface area contributed by atoms with Crippen LogP contribution in [0.5, 0.6) is 0 Å². The molecule has 2 saturated heterocycles. The lowest BCUT2D eigenvalue weighted by Gasteiger charge is -2.32. The lowest BCUT2D eigenvalue weighted by atomic mass is 10.0. The lowest BCUT2D eigenvalue weighted by molar-refractivity contribution is -0.137. The van der Waals surface area contributed by atoms with Gasteiger partial charge in [-0.15, -0.1) is 0 Å². The van der Waals surface area contributed by atoms with Crippen LogP contribution in [0.25, 0.3) is 54.8 Å². The zero-order valence-corrected chi connectivity index (χ0v) is 37.5. The van der Waals surface area contributed by atoms with E-state index in [1.54, 1.807) is 48.5 Å². The van der Waals surface area contributed by atoms with Crippen molar-refractivity contribution in [2.75, 3.05) is 34.5 Å². The number of ether oxygens (including phenoxy) is 3. The molecule has 6 unspecified atom stereocenters. The van der Waals surface area contributed by atoms with Crippen LogP contribution in [-0.2, 0) is 23.8 Å². The van der Waals surface area contributed by atoms with Gasteiger partial charge in [-0.25, -0.2) is 24.4 Å². The number of benzene rings is 4. The summed E-state index contributed by atoms with van der Waals surface area (Å²) < 4.78 is 21.2. The molecule has 0 spiro atoms. The first kappa shape index (κ1) is 44.0. The number of carbonyl (C=O) groups excluding carboxylic acids is 4. The molecule has 342 valence electrons. The first-order chi connectivity index (χ1) is 31.9. The summed E-state index contributed by atoms with van der Waals surface area (Å²) in [5, 5.41) is 8.94. The van der Waals surface area contributed by atoms with Gasteiger partial charge in [0.25, 0.3) is 5.91 Å². The van der Waals surface area contributed by atoms with Crippen LogP contribution in [0.15, 0.2) is 88.2 Å². The van der Waals surface area contributed by atoms with E-state index in [0.29, 0.717) is 76.3 Å². The third-order valence-electron chi connectivity index (χ3n) is 13.1. The normalized spacial score (nSPS) is 19.5. The van der Waals surface area contributed by atoms with Crippen molar-refractivity contribution in [3.05, 3.63) is 107 Å². The molecule has 6 atom stereocenters. The highest BCUT2D eigenvalue weighted by Crippen LogP contribution is 2.40. The van der Waals surface area contributed by atoms with E-state index in [9.17, 15) is 24.0 Å². The molecule has 2 aliphatic rings. The summed E-state index contributed by atoms with van der Waals surface area (Å²) in [4.78, 5) is 86.9. The molecule has 17 heteroatoms. The highest BCUT2D eigenvalue weighted by Gasteiger charge is 2.43. The molecule has 17 nitrogen and oxygen atoms in total. The van der Waals surface area contributed by atoms with Crippen molar-refractivity contribution in [3.8, 4) is 11.3 Å². The van der Waals surface area contributed by atoms with Gasteiger partial charge in [0.1, 0.15) is 29.3 Å². The number of aromatic amines is 2. The summed E-state index contributed by atoms with van der Waals surface area (Å²) in [5.74, 6) is 0.541. The molecule has 2 aliphatic heterocycles.